The van der Waals surface area contributed by atoms with Crippen molar-refractivity contribution >= 4 is 76.1 Å². The third-order valence-corrected chi connectivity index (χ3v) is 10.3. The Morgan fingerprint density at radius 1 is 0.340 bits per heavy atom. The van der Waals surface area contributed by atoms with Gasteiger partial charge in [0.1, 0.15) is 11.2 Å². The van der Waals surface area contributed by atoms with E-state index in [2.05, 4.69) is 168 Å². The zero-order valence-electron chi connectivity index (χ0n) is 27.0. The molecule has 3 heteroatoms. The van der Waals surface area contributed by atoms with Crippen LogP contribution in [0.15, 0.2) is 174 Å². The second-order valence-electron chi connectivity index (χ2n) is 13.1. The molecule has 0 aliphatic heterocycles. The molecule has 0 N–H and O–H groups in total. The highest BCUT2D eigenvalue weighted by molar-refractivity contribution is 6.31. The van der Waals surface area contributed by atoms with Crippen molar-refractivity contribution in [2.24, 2.45) is 0 Å². The van der Waals surface area contributed by atoms with Gasteiger partial charge >= 0.3 is 0 Å². The summed E-state index contributed by atoms with van der Waals surface area (Å²) in [5, 5.41) is 12.1. The molecule has 3 heterocycles. The zero-order valence-corrected chi connectivity index (χ0v) is 27.0. The molecule has 0 spiro atoms. The molecule has 3 nitrogen and oxygen atoms in total. The molecule has 0 fully saturated rings. The van der Waals surface area contributed by atoms with Gasteiger partial charge in [0.2, 0.25) is 0 Å². The molecular formula is C47H28N2O. The molecule has 0 unspecified atom stereocenters. The Balaban J connectivity index is 1.29. The molecule has 0 aliphatic carbocycles. The first-order chi connectivity index (χ1) is 24.8. The standard InChI is InChI=1S/C47H28N2O/c1-3-13-29(14-4-1)42-23-31(24-43(48-42)30-15-5-2-6-16-30)49-44-21-11-9-19-34(44)40-25-36-32-17-7-8-18-33(32)37-26-41-35-20-10-12-22-46(35)50-47(41)28-39(37)38(36)27-45(40)49/h1-28H. The van der Waals surface area contributed by atoms with Gasteiger partial charge in [-0.1, -0.05) is 121 Å². The summed E-state index contributed by atoms with van der Waals surface area (Å²) in [4.78, 5) is 5.19. The van der Waals surface area contributed by atoms with Gasteiger partial charge in [0.15, 0.2) is 0 Å². The molecule has 0 amide bonds. The summed E-state index contributed by atoms with van der Waals surface area (Å²) < 4.78 is 8.87. The van der Waals surface area contributed by atoms with Crippen LogP contribution in [-0.4, -0.2) is 9.55 Å². The van der Waals surface area contributed by atoms with Crippen LogP contribution < -0.4 is 0 Å². The van der Waals surface area contributed by atoms with E-state index in [0.29, 0.717) is 0 Å². The third-order valence-electron chi connectivity index (χ3n) is 10.3. The van der Waals surface area contributed by atoms with Gasteiger partial charge in [-0.15, -0.1) is 0 Å². The average Bonchev–Trinajstić information content (AvgIpc) is 3.72. The van der Waals surface area contributed by atoms with E-state index in [-0.39, 0.29) is 0 Å². The lowest BCUT2D eigenvalue weighted by atomic mass is 9.92. The summed E-state index contributed by atoms with van der Waals surface area (Å²) in [6.07, 6.45) is 0. The van der Waals surface area contributed by atoms with Crippen molar-refractivity contribution < 1.29 is 4.42 Å². The lowest BCUT2D eigenvalue weighted by molar-refractivity contribution is 0.669. The van der Waals surface area contributed by atoms with Crippen molar-refractivity contribution in [3.05, 3.63) is 170 Å². The van der Waals surface area contributed by atoms with Crippen molar-refractivity contribution in [2.45, 2.75) is 0 Å². The SMILES string of the molecule is c1ccc(-c2cc(-n3c4ccccc4c4cc5c6ccccc6c6cc7c(cc6c5cc43)oc3ccccc37)cc(-c3ccccc3)n2)cc1. The van der Waals surface area contributed by atoms with Crippen molar-refractivity contribution in [1.82, 2.24) is 9.55 Å². The molecule has 0 atom stereocenters. The van der Waals surface area contributed by atoms with E-state index in [1.807, 2.05) is 6.07 Å². The Morgan fingerprint density at radius 2 is 0.860 bits per heavy atom. The van der Waals surface area contributed by atoms with Gasteiger partial charge < -0.3 is 8.98 Å². The molecular weight excluding hydrogens is 609 g/mol. The highest BCUT2D eigenvalue weighted by Crippen LogP contribution is 2.43. The van der Waals surface area contributed by atoms with Crippen LogP contribution in [0.25, 0.3) is 104 Å². The minimum Gasteiger partial charge on any atom is -0.456 e. The summed E-state index contributed by atoms with van der Waals surface area (Å²) in [7, 11) is 0. The fourth-order valence-corrected chi connectivity index (χ4v) is 8.07. The van der Waals surface area contributed by atoms with Crippen LogP contribution >= 0.6 is 0 Å². The lowest BCUT2D eigenvalue weighted by Crippen LogP contribution is -1.98. The Kier molecular flexibility index (Phi) is 5.67. The number of hydrogen-bond donors (Lipinski definition) is 0. The van der Waals surface area contributed by atoms with Gasteiger partial charge in [-0.05, 0) is 80.8 Å². The van der Waals surface area contributed by atoms with Gasteiger partial charge in [0.05, 0.1) is 28.1 Å². The topological polar surface area (TPSA) is 31.0 Å². The highest BCUT2D eigenvalue weighted by atomic mass is 16.3. The van der Waals surface area contributed by atoms with Gasteiger partial charge in [0.25, 0.3) is 0 Å². The minimum absolute atomic E-state index is 0.907. The van der Waals surface area contributed by atoms with Crippen LogP contribution in [0.5, 0.6) is 0 Å². The van der Waals surface area contributed by atoms with Crippen LogP contribution in [0.4, 0.5) is 0 Å². The number of fused-ring (bicyclic) bond motifs is 12. The molecule has 8 aromatic carbocycles. The Morgan fingerprint density at radius 3 is 1.54 bits per heavy atom. The van der Waals surface area contributed by atoms with Crippen LogP contribution in [-0.2, 0) is 0 Å². The fraction of sp³-hybridized carbons (Fsp3) is 0. The molecule has 11 aromatic rings. The van der Waals surface area contributed by atoms with E-state index in [0.717, 1.165) is 61.2 Å². The number of para-hydroxylation sites is 2. The lowest BCUT2D eigenvalue weighted by Gasteiger charge is -2.14. The van der Waals surface area contributed by atoms with E-state index >= 15 is 0 Å². The summed E-state index contributed by atoms with van der Waals surface area (Å²) in [5.74, 6) is 0. The fourth-order valence-electron chi connectivity index (χ4n) is 8.07. The number of nitrogens with zero attached hydrogens (tertiary/aromatic N) is 2. The van der Waals surface area contributed by atoms with Crippen LogP contribution in [0.3, 0.4) is 0 Å². The number of benzene rings is 8. The van der Waals surface area contributed by atoms with Crippen LogP contribution in [0.2, 0.25) is 0 Å². The number of furan rings is 1. The van der Waals surface area contributed by atoms with E-state index in [1.165, 1.54) is 43.1 Å². The molecule has 0 saturated carbocycles. The maximum absolute atomic E-state index is 6.45. The largest absolute Gasteiger partial charge is 0.456 e. The maximum atomic E-state index is 6.45. The number of aromatic nitrogens is 2. The van der Waals surface area contributed by atoms with E-state index < -0.39 is 0 Å². The first kappa shape index (κ1) is 27.3. The smallest absolute Gasteiger partial charge is 0.136 e. The van der Waals surface area contributed by atoms with E-state index in [1.54, 1.807) is 0 Å². The molecule has 50 heavy (non-hydrogen) atoms. The van der Waals surface area contributed by atoms with Gasteiger partial charge in [-0.2, -0.15) is 0 Å². The van der Waals surface area contributed by atoms with Crippen LogP contribution in [0.1, 0.15) is 0 Å². The highest BCUT2D eigenvalue weighted by Gasteiger charge is 2.19. The van der Waals surface area contributed by atoms with Crippen molar-refractivity contribution in [2.75, 3.05) is 0 Å². The monoisotopic (exact) mass is 636 g/mol. The first-order valence-corrected chi connectivity index (χ1v) is 17.0. The molecule has 232 valence electrons. The number of pyridine rings is 1. The van der Waals surface area contributed by atoms with Crippen molar-refractivity contribution in [3.8, 4) is 28.2 Å². The van der Waals surface area contributed by atoms with Gasteiger partial charge in [-0.25, -0.2) is 4.98 Å². The predicted molar refractivity (Wildman–Crippen MR) is 209 cm³/mol. The van der Waals surface area contributed by atoms with Gasteiger partial charge in [-0.3, -0.25) is 0 Å². The third kappa shape index (κ3) is 3.95. The Labute approximate surface area is 287 Å². The van der Waals surface area contributed by atoms with Crippen LogP contribution in [0, 0.1) is 0 Å². The van der Waals surface area contributed by atoms with E-state index in [9.17, 15) is 0 Å². The normalized spacial score (nSPS) is 12.0. The second kappa shape index (κ2) is 10.4. The molecule has 3 aromatic heterocycles. The molecule has 0 radical (unpaired) electrons. The minimum atomic E-state index is 0.907. The number of hydrogen-bond acceptors (Lipinski definition) is 2. The Hall–Kier alpha value is -6.71. The summed E-state index contributed by atoms with van der Waals surface area (Å²) in [5.41, 5.74) is 9.28. The summed E-state index contributed by atoms with van der Waals surface area (Å²) in [6.45, 7) is 0. The van der Waals surface area contributed by atoms with E-state index in [4.69, 9.17) is 9.40 Å². The van der Waals surface area contributed by atoms with Crippen molar-refractivity contribution in [1.29, 1.82) is 0 Å². The summed E-state index contributed by atoms with van der Waals surface area (Å²) >= 11 is 0. The first-order valence-electron chi connectivity index (χ1n) is 17.0. The summed E-state index contributed by atoms with van der Waals surface area (Å²) in [6, 6.07) is 60.7. The average molecular weight is 637 g/mol. The second-order valence-corrected chi connectivity index (χ2v) is 13.1. The molecule has 0 saturated heterocycles. The molecule has 11 rings (SSSR count). The quantitative estimate of drug-likeness (QED) is 0.181. The zero-order chi connectivity index (χ0) is 32.8. The van der Waals surface area contributed by atoms with Gasteiger partial charge in [0, 0.05) is 32.7 Å². The Bertz CT molecular complexity index is 3080. The number of rotatable bonds is 3. The maximum Gasteiger partial charge on any atom is 0.136 e. The predicted octanol–water partition coefficient (Wildman–Crippen LogP) is 12.9. The molecule has 0 bridgehead atoms. The molecule has 0 aliphatic rings. The van der Waals surface area contributed by atoms with Crippen molar-refractivity contribution in [3.63, 3.8) is 0 Å².